The Balaban J connectivity index is 1.57. The fourth-order valence-electron chi connectivity index (χ4n) is 3.85. The van der Waals surface area contributed by atoms with Crippen LogP contribution in [-0.4, -0.2) is 32.1 Å². The number of rotatable bonds is 6. The maximum Gasteiger partial charge on any atom is 0.234 e. The average molecular weight is 440 g/mol. The normalized spacial score (nSPS) is 15.8. The Kier molecular flexibility index (Phi) is 5.60. The lowest BCUT2D eigenvalue weighted by Crippen LogP contribution is -2.28. The van der Waals surface area contributed by atoms with Crippen LogP contribution in [0, 0.1) is 0 Å². The summed E-state index contributed by atoms with van der Waals surface area (Å²) >= 11 is 1.54. The fraction of sp³-hybridized carbons (Fsp3) is 0.115. The average Bonchev–Trinajstić information content (AvgIpc) is 3.44. The Morgan fingerprint density at radius 3 is 2.22 bits per heavy atom. The Morgan fingerprint density at radius 1 is 0.906 bits per heavy atom. The highest BCUT2D eigenvalue weighted by Gasteiger charge is 2.37. The zero-order valence-corrected chi connectivity index (χ0v) is 18.1. The van der Waals surface area contributed by atoms with Crippen LogP contribution in [0.3, 0.4) is 0 Å². The van der Waals surface area contributed by atoms with Gasteiger partial charge in [0.15, 0.2) is 0 Å². The van der Waals surface area contributed by atoms with Gasteiger partial charge in [0, 0.05) is 23.9 Å². The minimum Gasteiger partial charge on any atom is -0.321 e. The van der Waals surface area contributed by atoms with E-state index in [1.54, 1.807) is 16.8 Å². The first-order valence-electron chi connectivity index (χ1n) is 10.4. The maximum absolute atomic E-state index is 13.4. The summed E-state index contributed by atoms with van der Waals surface area (Å²) in [6.45, 7) is 0.493. The van der Waals surface area contributed by atoms with E-state index in [1.165, 1.54) is 11.8 Å². The third kappa shape index (κ3) is 3.97. The van der Waals surface area contributed by atoms with Gasteiger partial charge in [-0.1, -0.05) is 78.9 Å². The number of nitrogens with zero attached hydrogens (tertiary/aromatic N) is 3. The van der Waals surface area contributed by atoms with E-state index in [-0.39, 0.29) is 17.1 Å². The summed E-state index contributed by atoms with van der Waals surface area (Å²) in [5.41, 5.74) is 3.64. The molecule has 5 rings (SSSR count). The molecule has 0 aliphatic carbocycles. The molecule has 1 aliphatic rings. The van der Waals surface area contributed by atoms with Crippen LogP contribution in [0.1, 0.15) is 32.6 Å². The molecule has 1 saturated heterocycles. The minimum atomic E-state index is -0.275. The van der Waals surface area contributed by atoms with Crippen molar-refractivity contribution in [2.24, 2.45) is 0 Å². The quantitative estimate of drug-likeness (QED) is 0.402. The van der Waals surface area contributed by atoms with Crippen LogP contribution in [0.15, 0.2) is 97.2 Å². The molecule has 32 heavy (non-hydrogen) atoms. The summed E-state index contributed by atoms with van der Waals surface area (Å²) < 4.78 is 1.73. The van der Waals surface area contributed by atoms with Crippen LogP contribution in [0.5, 0.6) is 0 Å². The Hall–Kier alpha value is -3.64. The molecule has 0 radical (unpaired) electrons. The molecule has 1 amide bonds. The first-order chi connectivity index (χ1) is 15.7. The summed E-state index contributed by atoms with van der Waals surface area (Å²) in [7, 11) is 0. The summed E-state index contributed by atoms with van der Waals surface area (Å²) in [4.78, 5) is 28.1. The second kappa shape index (κ2) is 8.85. The van der Waals surface area contributed by atoms with E-state index in [0.717, 1.165) is 16.8 Å². The molecule has 0 saturated carbocycles. The number of para-hydroxylation sites is 1. The number of hydrogen-bond donors (Lipinski definition) is 0. The van der Waals surface area contributed by atoms with Gasteiger partial charge in [-0.2, -0.15) is 5.10 Å². The minimum absolute atomic E-state index is 0.0643. The van der Waals surface area contributed by atoms with Gasteiger partial charge in [0.2, 0.25) is 11.7 Å². The van der Waals surface area contributed by atoms with Gasteiger partial charge in [0.1, 0.15) is 11.1 Å². The largest absolute Gasteiger partial charge is 0.321 e. The van der Waals surface area contributed by atoms with E-state index < -0.39 is 0 Å². The Labute approximate surface area is 190 Å². The van der Waals surface area contributed by atoms with Gasteiger partial charge in [0.25, 0.3) is 0 Å². The molecule has 0 bridgehead atoms. The predicted octanol–water partition coefficient (Wildman–Crippen LogP) is 4.88. The Bertz CT molecular complexity index is 1240. The molecule has 0 spiro atoms. The SMILES string of the molecule is O=C(c1ccccc1)c1nn(-c2ccccc2)cc1[C@H]1SCC(=O)N1Cc1ccccc1. The number of ketones is 1. The van der Waals surface area contributed by atoms with Crippen molar-refractivity contribution >= 4 is 23.5 Å². The Morgan fingerprint density at radius 2 is 1.53 bits per heavy atom. The molecule has 1 aromatic heterocycles. The van der Waals surface area contributed by atoms with Crippen LogP contribution in [-0.2, 0) is 11.3 Å². The van der Waals surface area contributed by atoms with E-state index in [4.69, 9.17) is 0 Å². The van der Waals surface area contributed by atoms with Crippen molar-refractivity contribution in [1.82, 2.24) is 14.7 Å². The van der Waals surface area contributed by atoms with E-state index >= 15 is 0 Å². The number of thioether (sulfide) groups is 1. The topological polar surface area (TPSA) is 55.2 Å². The van der Waals surface area contributed by atoms with Gasteiger partial charge in [-0.15, -0.1) is 11.8 Å². The van der Waals surface area contributed by atoms with Gasteiger partial charge >= 0.3 is 0 Å². The van der Waals surface area contributed by atoms with E-state index in [0.29, 0.717) is 23.6 Å². The number of benzene rings is 3. The molecule has 1 atom stereocenters. The van der Waals surface area contributed by atoms with Crippen molar-refractivity contribution in [1.29, 1.82) is 0 Å². The smallest absolute Gasteiger partial charge is 0.234 e. The van der Waals surface area contributed by atoms with Crippen LogP contribution < -0.4 is 0 Å². The molecule has 6 heteroatoms. The summed E-state index contributed by atoms with van der Waals surface area (Å²) in [5.74, 6) is 0.303. The van der Waals surface area contributed by atoms with Crippen molar-refractivity contribution in [2.75, 3.05) is 5.75 Å². The molecular formula is C26H21N3O2S. The fourth-order valence-corrected chi connectivity index (χ4v) is 5.04. The second-order valence-corrected chi connectivity index (χ2v) is 8.65. The first-order valence-corrected chi connectivity index (χ1v) is 11.5. The number of carbonyl (C=O) groups is 2. The number of aromatic nitrogens is 2. The number of carbonyl (C=O) groups excluding carboxylic acids is 2. The third-order valence-electron chi connectivity index (χ3n) is 5.44. The van der Waals surface area contributed by atoms with Gasteiger partial charge in [-0.05, 0) is 17.7 Å². The summed E-state index contributed by atoms with van der Waals surface area (Å²) in [6.07, 6.45) is 1.89. The lowest BCUT2D eigenvalue weighted by Gasteiger charge is -2.24. The summed E-state index contributed by atoms with van der Waals surface area (Å²) in [5, 5.41) is 4.41. The van der Waals surface area contributed by atoms with E-state index in [9.17, 15) is 9.59 Å². The van der Waals surface area contributed by atoms with Crippen LogP contribution in [0.25, 0.3) is 5.69 Å². The third-order valence-corrected chi connectivity index (χ3v) is 6.68. The highest BCUT2D eigenvalue weighted by atomic mass is 32.2. The molecule has 2 heterocycles. The van der Waals surface area contributed by atoms with E-state index in [1.807, 2.05) is 90.0 Å². The lowest BCUT2D eigenvalue weighted by atomic mass is 10.0. The van der Waals surface area contributed by atoms with Crippen LogP contribution in [0.2, 0.25) is 0 Å². The highest BCUT2D eigenvalue weighted by molar-refractivity contribution is 8.00. The van der Waals surface area contributed by atoms with Gasteiger partial charge in [0.05, 0.1) is 11.4 Å². The summed E-state index contributed by atoms with van der Waals surface area (Å²) in [6, 6.07) is 28.8. The molecule has 1 fully saturated rings. The maximum atomic E-state index is 13.4. The molecule has 3 aromatic carbocycles. The molecule has 1 aliphatic heterocycles. The zero-order valence-electron chi connectivity index (χ0n) is 17.3. The highest BCUT2D eigenvalue weighted by Crippen LogP contribution is 2.41. The molecular weight excluding hydrogens is 418 g/mol. The van der Waals surface area contributed by atoms with Gasteiger partial charge in [-0.25, -0.2) is 4.68 Å². The van der Waals surface area contributed by atoms with Crippen LogP contribution in [0.4, 0.5) is 0 Å². The predicted molar refractivity (Wildman–Crippen MR) is 126 cm³/mol. The molecule has 0 N–H and O–H groups in total. The van der Waals surface area contributed by atoms with Crippen molar-refractivity contribution in [3.8, 4) is 5.69 Å². The van der Waals surface area contributed by atoms with Crippen molar-refractivity contribution < 1.29 is 9.59 Å². The first kappa shape index (κ1) is 20.3. The number of amides is 1. The molecule has 0 unspecified atom stereocenters. The van der Waals surface area contributed by atoms with Crippen LogP contribution >= 0.6 is 11.8 Å². The molecule has 5 nitrogen and oxygen atoms in total. The standard InChI is InChI=1S/C26H21N3O2S/c30-23-18-32-26(28(23)16-19-10-4-1-5-11-19)22-17-29(21-14-8-3-9-15-21)27-24(22)25(31)20-12-6-2-7-13-20/h1-15,17,26H,16,18H2/t26-/m1/s1. The number of hydrogen-bond acceptors (Lipinski definition) is 4. The van der Waals surface area contributed by atoms with Crippen molar-refractivity contribution in [3.05, 3.63) is 120 Å². The van der Waals surface area contributed by atoms with Gasteiger partial charge in [-0.3, -0.25) is 9.59 Å². The monoisotopic (exact) mass is 439 g/mol. The van der Waals surface area contributed by atoms with Crippen molar-refractivity contribution in [3.63, 3.8) is 0 Å². The zero-order chi connectivity index (χ0) is 21.9. The van der Waals surface area contributed by atoms with Gasteiger partial charge < -0.3 is 4.90 Å². The molecule has 158 valence electrons. The van der Waals surface area contributed by atoms with Crippen molar-refractivity contribution in [2.45, 2.75) is 11.9 Å². The second-order valence-electron chi connectivity index (χ2n) is 7.58. The van der Waals surface area contributed by atoms with E-state index in [2.05, 4.69) is 5.10 Å². The lowest BCUT2D eigenvalue weighted by molar-refractivity contribution is -0.128. The molecule has 4 aromatic rings.